The van der Waals surface area contributed by atoms with Crippen LogP contribution < -0.4 is 9.47 Å². The lowest BCUT2D eigenvalue weighted by atomic mass is 10.1. The summed E-state index contributed by atoms with van der Waals surface area (Å²) in [6.07, 6.45) is 5.01. The average molecular weight is 357 g/mol. The summed E-state index contributed by atoms with van der Waals surface area (Å²) in [5.41, 5.74) is 0.390. The zero-order valence-corrected chi connectivity index (χ0v) is 14.9. The van der Waals surface area contributed by atoms with E-state index in [4.69, 9.17) is 9.47 Å². The minimum Gasteiger partial charge on any atom is -0.486 e. The number of carbonyl (C=O) groups excluding carboxylic acids is 1. The second-order valence-electron chi connectivity index (χ2n) is 6.19. The maximum Gasteiger partial charge on any atom is 0.259 e. The molecule has 3 atom stereocenters. The van der Waals surface area contributed by atoms with Gasteiger partial charge in [0.25, 0.3) is 5.91 Å². The van der Waals surface area contributed by atoms with E-state index in [1.54, 1.807) is 54.8 Å². The van der Waals surface area contributed by atoms with Crippen LogP contribution in [0.15, 0.2) is 42.9 Å². The Morgan fingerprint density at radius 1 is 1.31 bits per heavy atom. The van der Waals surface area contributed by atoms with E-state index in [1.165, 1.54) is 0 Å². The standard InChI is InChI=1S/C19H23N3O4/c1-3-25-18-14(7-5-11-21-18)19(24)22(2)15-8-9-16(17(15)23)26-13-6-4-10-20-12-13/h4-7,10-12,15-17,23H,3,8-9H2,1-2H3/t15-,16-,17-/m1/s1. The number of carbonyl (C=O) groups is 1. The van der Waals surface area contributed by atoms with Crippen molar-refractivity contribution >= 4 is 5.91 Å². The van der Waals surface area contributed by atoms with Crippen LogP contribution in [0, 0.1) is 0 Å². The number of amides is 1. The van der Waals surface area contributed by atoms with Gasteiger partial charge in [-0.15, -0.1) is 0 Å². The molecule has 0 spiro atoms. The molecule has 7 nitrogen and oxygen atoms in total. The lowest BCUT2D eigenvalue weighted by molar-refractivity contribution is 0.0164. The number of hydrogen-bond acceptors (Lipinski definition) is 6. The third-order valence-corrected chi connectivity index (χ3v) is 4.54. The van der Waals surface area contributed by atoms with Gasteiger partial charge in [-0.3, -0.25) is 9.78 Å². The maximum atomic E-state index is 12.9. The molecule has 2 aromatic rings. The van der Waals surface area contributed by atoms with E-state index in [-0.39, 0.29) is 18.1 Å². The number of rotatable bonds is 6. The van der Waals surface area contributed by atoms with Crippen molar-refractivity contribution in [3.05, 3.63) is 48.4 Å². The largest absolute Gasteiger partial charge is 0.486 e. The molecule has 0 unspecified atom stereocenters. The first-order valence-electron chi connectivity index (χ1n) is 8.71. The van der Waals surface area contributed by atoms with Gasteiger partial charge < -0.3 is 19.5 Å². The Labute approximate surface area is 152 Å². The maximum absolute atomic E-state index is 12.9. The number of aromatic nitrogens is 2. The molecule has 0 radical (unpaired) electrons. The minimum atomic E-state index is -0.781. The van der Waals surface area contributed by atoms with Crippen LogP contribution in [0.1, 0.15) is 30.1 Å². The molecule has 1 amide bonds. The fourth-order valence-corrected chi connectivity index (χ4v) is 3.21. The fourth-order valence-electron chi connectivity index (χ4n) is 3.21. The van der Waals surface area contributed by atoms with Gasteiger partial charge in [0.15, 0.2) is 0 Å². The van der Waals surface area contributed by atoms with E-state index in [0.29, 0.717) is 36.6 Å². The monoisotopic (exact) mass is 357 g/mol. The molecule has 1 aliphatic carbocycles. The van der Waals surface area contributed by atoms with Crippen molar-refractivity contribution in [1.82, 2.24) is 14.9 Å². The van der Waals surface area contributed by atoms with E-state index in [0.717, 1.165) is 0 Å². The normalized spacial score (nSPS) is 22.0. The zero-order chi connectivity index (χ0) is 18.5. The Morgan fingerprint density at radius 2 is 2.12 bits per heavy atom. The van der Waals surface area contributed by atoms with Crippen LogP contribution in [0.4, 0.5) is 0 Å². The van der Waals surface area contributed by atoms with Gasteiger partial charge in [-0.2, -0.15) is 0 Å². The predicted octanol–water partition coefficient (Wildman–Crippen LogP) is 1.92. The van der Waals surface area contributed by atoms with E-state index in [9.17, 15) is 9.90 Å². The summed E-state index contributed by atoms with van der Waals surface area (Å²) in [6.45, 7) is 2.27. The summed E-state index contributed by atoms with van der Waals surface area (Å²) in [5, 5.41) is 10.7. The molecule has 0 aromatic carbocycles. The molecule has 0 bridgehead atoms. The Hall–Kier alpha value is -2.67. The van der Waals surface area contributed by atoms with Crippen molar-refractivity contribution in [3.8, 4) is 11.6 Å². The predicted molar refractivity (Wildman–Crippen MR) is 95.2 cm³/mol. The van der Waals surface area contributed by atoms with Crippen LogP contribution in [0.5, 0.6) is 11.6 Å². The minimum absolute atomic E-state index is 0.229. The highest BCUT2D eigenvalue weighted by Crippen LogP contribution is 2.29. The SMILES string of the molecule is CCOc1ncccc1C(=O)N(C)[C@@H]1CC[C@@H](Oc2cccnc2)[C@@H]1O. The van der Waals surface area contributed by atoms with Crippen molar-refractivity contribution in [3.63, 3.8) is 0 Å². The molecule has 1 aliphatic rings. The van der Waals surface area contributed by atoms with Crippen LogP contribution in [0.25, 0.3) is 0 Å². The number of pyridine rings is 2. The Balaban J connectivity index is 1.70. The quantitative estimate of drug-likeness (QED) is 0.850. The Bertz CT molecular complexity index is 741. The average Bonchev–Trinajstić information content (AvgIpc) is 3.02. The number of ether oxygens (including phenoxy) is 2. The molecule has 1 N–H and O–H groups in total. The lowest BCUT2D eigenvalue weighted by Gasteiger charge is -2.29. The zero-order valence-electron chi connectivity index (χ0n) is 14.9. The van der Waals surface area contributed by atoms with E-state index < -0.39 is 6.10 Å². The topological polar surface area (TPSA) is 84.8 Å². The molecule has 2 aromatic heterocycles. The van der Waals surface area contributed by atoms with Gasteiger partial charge in [0.05, 0.1) is 18.8 Å². The third kappa shape index (κ3) is 3.77. The van der Waals surface area contributed by atoms with Crippen molar-refractivity contribution < 1.29 is 19.4 Å². The van der Waals surface area contributed by atoms with Gasteiger partial charge in [-0.25, -0.2) is 4.98 Å². The summed E-state index contributed by atoms with van der Waals surface area (Å²) in [6, 6.07) is 6.62. The van der Waals surface area contributed by atoms with Gasteiger partial charge in [0.2, 0.25) is 5.88 Å². The molecule has 0 aliphatic heterocycles. The van der Waals surface area contributed by atoms with Crippen LogP contribution in [0.2, 0.25) is 0 Å². The summed E-state index contributed by atoms with van der Waals surface area (Å²) < 4.78 is 11.3. The second-order valence-corrected chi connectivity index (χ2v) is 6.19. The molecule has 0 saturated heterocycles. The fraction of sp³-hybridized carbons (Fsp3) is 0.421. The van der Waals surface area contributed by atoms with Crippen LogP contribution in [-0.4, -0.2) is 57.8 Å². The number of hydrogen-bond donors (Lipinski definition) is 1. The summed E-state index contributed by atoms with van der Waals surface area (Å²) >= 11 is 0. The van der Waals surface area contributed by atoms with Crippen LogP contribution in [-0.2, 0) is 0 Å². The molecule has 7 heteroatoms. The highest BCUT2D eigenvalue weighted by atomic mass is 16.5. The van der Waals surface area contributed by atoms with E-state index >= 15 is 0 Å². The first-order chi connectivity index (χ1) is 12.6. The van der Waals surface area contributed by atoms with Crippen molar-refractivity contribution in [2.24, 2.45) is 0 Å². The highest BCUT2D eigenvalue weighted by Gasteiger charge is 2.40. The number of aliphatic hydroxyl groups excluding tert-OH is 1. The molecule has 1 saturated carbocycles. The van der Waals surface area contributed by atoms with Crippen molar-refractivity contribution in [2.75, 3.05) is 13.7 Å². The Morgan fingerprint density at radius 3 is 2.85 bits per heavy atom. The summed E-state index contributed by atoms with van der Waals surface area (Å²) in [7, 11) is 1.69. The first kappa shape index (κ1) is 18.1. The van der Waals surface area contributed by atoms with Gasteiger partial charge in [0, 0.05) is 19.4 Å². The highest BCUT2D eigenvalue weighted by molar-refractivity contribution is 5.96. The molecule has 2 heterocycles. The first-order valence-corrected chi connectivity index (χ1v) is 8.71. The number of nitrogens with zero attached hydrogens (tertiary/aromatic N) is 3. The van der Waals surface area contributed by atoms with Crippen LogP contribution in [0.3, 0.4) is 0 Å². The molecule has 26 heavy (non-hydrogen) atoms. The molecule has 3 rings (SSSR count). The van der Waals surface area contributed by atoms with Crippen molar-refractivity contribution in [2.45, 2.75) is 38.0 Å². The summed E-state index contributed by atoms with van der Waals surface area (Å²) in [4.78, 5) is 22.6. The van der Waals surface area contributed by atoms with Gasteiger partial charge in [0.1, 0.15) is 23.5 Å². The molecule has 1 fully saturated rings. The number of aliphatic hydroxyl groups is 1. The van der Waals surface area contributed by atoms with E-state index in [2.05, 4.69) is 9.97 Å². The number of likely N-dealkylation sites (N-methyl/N-ethyl adjacent to an activating group) is 1. The van der Waals surface area contributed by atoms with Crippen molar-refractivity contribution in [1.29, 1.82) is 0 Å². The van der Waals surface area contributed by atoms with Crippen LogP contribution >= 0.6 is 0 Å². The molecule has 138 valence electrons. The van der Waals surface area contributed by atoms with E-state index in [1.807, 2.05) is 6.92 Å². The van der Waals surface area contributed by atoms with Gasteiger partial charge in [-0.1, -0.05) is 0 Å². The third-order valence-electron chi connectivity index (χ3n) is 4.54. The molecular weight excluding hydrogens is 334 g/mol. The smallest absolute Gasteiger partial charge is 0.259 e. The lowest BCUT2D eigenvalue weighted by Crippen LogP contribution is -2.45. The van der Waals surface area contributed by atoms with Gasteiger partial charge >= 0.3 is 0 Å². The summed E-state index contributed by atoms with van der Waals surface area (Å²) in [5.74, 6) is 0.687. The molecular formula is C19H23N3O4. The Kier molecular flexibility index (Phi) is 5.68. The van der Waals surface area contributed by atoms with Gasteiger partial charge in [-0.05, 0) is 44.0 Å². The second kappa shape index (κ2) is 8.14.